The van der Waals surface area contributed by atoms with Crippen molar-refractivity contribution in [2.24, 2.45) is 5.73 Å². The Morgan fingerprint density at radius 3 is 1.46 bits per heavy atom. The largest absolute Gasteiger partial charge is 0.326 e. The summed E-state index contributed by atoms with van der Waals surface area (Å²) in [6.07, 6.45) is 0.481. The van der Waals surface area contributed by atoms with Crippen molar-refractivity contribution in [3.05, 3.63) is 126 Å². The zero-order valence-corrected chi connectivity index (χ0v) is 29.2. The monoisotopic (exact) mass is 781 g/mol. The SMILES string of the molecule is Cc1ccc(CCS(=O)(=O)c2ccc(Br)cc2Cl)cc1.Cc1ccc(CN)cc1.O=S(=O)(Cl)c1ccc(Br)cc1Cl. The molecule has 5 nitrogen and oxygen atoms in total. The highest BCUT2D eigenvalue weighted by Gasteiger charge is 2.18. The fourth-order valence-corrected chi connectivity index (χ4v) is 7.65. The van der Waals surface area contributed by atoms with Crippen LogP contribution in [-0.4, -0.2) is 22.6 Å². The van der Waals surface area contributed by atoms with E-state index in [-0.39, 0.29) is 25.6 Å². The molecular formula is C29H28Br2Cl3NO4S2. The maximum atomic E-state index is 12.3. The molecule has 0 bridgehead atoms. The van der Waals surface area contributed by atoms with Gasteiger partial charge in [0.05, 0.1) is 20.7 Å². The molecule has 0 saturated carbocycles. The average Bonchev–Trinajstić information content (AvgIpc) is 2.88. The van der Waals surface area contributed by atoms with Crippen molar-refractivity contribution in [3.63, 3.8) is 0 Å². The third-order valence-electron chi connectivity index (χ3n) is 5.52. The predicted octanol–water partition coefficient (Wildman–Crippen LogP) is 8.91. The molecule has 12 heteroatoms. The Bertz CT molecular complexity index is 1670. The van der Waals surface area contributed by atoms with Crippen LogP contribution in [0.25, 0.3) is 0 Å². The van der Waals surface area contributed by atoms with E-state index in [1.54, 1.807) is 18.2 Å². The van der Waals surface area contributed by atoms with Crippen LogP contribution >= 0.6 is 65.7 Å². The molecular weight excluding hydrogens is 757 g/mol. The van der Waals surface area contributed by atoms with E-state index >= 15 is 0 Å². The maximum Gasteiger partial charge on any atom is 0.262 e. The molecule has 0 radical (unpaired) electrons. The van der Waals surface area contributed by atoms with Gasteiger partial charge in [-0.3, -0.25) is 0 Å². The highest BCUT2D eigenvalue weighted by atomic mass is 79.9. The second-order valence-electron chi connectivity index (χ2n) is 8.83. The Hall–Kier alpha value is -1.43. The molecule has 0 aliphatic heterocycles. The van der Waals surface area contributed by atoms with Gasteiger partial charge in [0.1, 0.15) is 4.90 Å². The van der Waals surface area contributed by atoms with Crippen molar-refractivity contribution in [2.45, 2.75) is 36.6 Å². The van der Waals surface area contributed by atoms with Crippen molar-refractivity contribution in [3.8, 4) is 0 Å². The molecule has 0 aromatic heterocycles. The summed E-state index contributed by atoms with van der Waals surface area (Å²) in [5.41, 5.74) is 10.0. The molecule has 0 amide bonds. The van der Waals surface area contributed by atoms with E-state index in [4.69, 9.17) is 39.6 Å². The minimum absolute atomic E-state index is 0.0530. The number of rotatable bonds is 6. The summed E-state index contributed by atoms with van der Waals surface area (Å²) >= 11 is 18.0. The molecule has 0 spiro atoms. The fourth-order valence-electron chi connectivity index (χ4n) is 3.24. The smallest absolute Gasteiger partial charge is 0.262 e. The summed E-state index contributed by atoms with van der Waals surface area (Å²) < 4.78 is 47.7. The number of sulfone groups is 1. The van der Waals surface area contributed by atoms with Gasteiger partial charge in [0.15, 0.2) is 9.84 Å². The lowest BCUT2D eigenvalue weighted by Crippen LogP contribution is -2.10. The van der Waals surface area contributed by atoms with Crippen molar-refractivity contribution < 1.29 is 16.8 Å². The molecule has 0 aliphatic carbocycles. The molecule has 4 aromatic carbocycles. The Morgan fingerprint density at radius 1 is 0.659 bits per heavy atom. The number of benzene rings is 4. The zero-order valence-electron chi connectivity index (χ0n) is 22.1. The molecule has 41 heavy (non-hydrogen) atoms. The number of aryl methyl sites for hydroxylation is 3. The molecule has 4 rings (SSSR count). The Morgan fingerprint density at radius 2 is 1.07 bits per heavy atom. The van der Waals surface area contributed by atoms with E-state index in [0.29, 0.717) is 17.4 Å². The summed E-state index contributed by atoms with van der Waals surface area (Å²) in [6, 6.07) is 25.3. The van der Waals surface area contributed by atoms with Crippen molar-refractivity contribution in [2.75, 3.05) is 5.75 Å². The van der Waals surface area contributed by atoms with Crippen LogP contribution in [0.3, 0.4) is 0 Å². The Kier molecular flexibility index (Phi) is 14.3. The third kappa shape index (κ3) is 12.4. The molecule has 0 atom stereocenters. The van der Waals surface area contributed by atoms with Crippen LogP contribution in [0.4, 0.5) is 0 Å². The Labute approximate surface area is 273 Å². The quantitative estimate of drug-likeness (QED) is 0.197. The van der Waals surface area contributed by atoms with Gasteiger partial charge in [0.2, 0.25) is 0 Å². The van der Waals surface area contributed by atoms with Gasteiger partial charge < -0.3 is 5.73 Å². The minimum Gasteiger partial charge on any atom is -0.326 e. The van der Waals surface area contributed by atoms with E-state index < -0.39 is 18.9 Å². The van der Waals surface area contributed by atoms with Crippen LogP contribution in [0.15, 0.2) is 104 Å². The Balaban J connectivity index is 0.000000237. The predicted molar refractivity (Wildman–Crippen MR) is 177 cm³/mol. The van der Waals surface area contributed by atoms with Gasteiger partial charge in [-0.15, -0.1) is 0 Å². The van der Waals surface area contributed by atoms with Gasteiger partial charge in [-0.05, 0) is 67.8 Å². The van der Waals surface area contributed by atoms with E-state index in [1.807, 2.05) is 31.2 Å². The minimum atomic E-state index is -3.73. The molecule has 220 valence electrons. The summed E-state index contributed by atoms with van der Waals surface area (Å²) in [5.74, 6) is 0.0530. The zero-order chi connectivity index (χ0) is 30.8. The fraction of sp³-hybridized carbons (Fsp3) is 0.172. The molecule has 0 saturated heterocycles. The van der Waals surface area contributed by atoms with Crippen LogP contribution in [0, 0.1) is 13.8 Å². The molecule has 0 heterocycles. The second kappa shape index (κ2) is 16.4. The van der Waals surface area contributed by atoms with Gasteiger partial charge in [0.25, 0.3) is 9.05 Å². The first kappa shape index (κ1) is 35.8. The summed E-state index contributed by atoms with van der Waals surface area (Å²) in [5, 5.41) is 0.364. The summed E-state index contributed by atoms with van der Waals surface area (Å²) in [6.45, 7) is 4.71. The standard InChI is InChI=1S/C15H14BrClO2S.C8H11N.C6H3BrCl2O2S/c1-11-2-4-12(5-3-11)8-9-20(18,19)15-7-6-13(16)10-14(15)17;1-7-2-4-8(6-9)5-3-7;7-4-1-2-6(5(8)3-4)12(9,10)11/h2-7,10H,8-9H2,1H3;2-5H,6,9H2,1H3;1-3H. The number of hydrogen-bond acceptors (Lipinski definition) is 5. The first-order valence-corrected chi connectivity index (χ1v) is 18.3. The molecule has 4 aromatic rings. The number of hydrogen-bond donors (Lipinski definition) is 1. The molecule has 0 unspecified atom stereocenters. The topological polar surface area (TPSA) is 94.3 Å². The normalized spacial score (nSPS) is 11.1. The molecule has 0 aliphatic rings. The van der Waals surface area contributed by atoms with Crippen LogP contribution in [0.2, 0.25) is 10.0 Å². The van der Waals surface area contributed by atoms with Gasteiger partial charge >= 0.3 is 0 Å². The number of nitrogens with two attached hydrogens (primary N) is 1. The maximum absolute atomic E-state index is 12.3. The van der Waals surface area contributed by atoms with E-state index in [2.05, 4.69) is 63.0 Å². The van der Waals surface area contributed by atoms with Crippen molar-refractivity contribution in [1.82, 2.24) is 0 Å². The third-order valence-corrected chi connectivity index (χ3v) is 10.5. The highest BCUT2D eigenvalue weighted by Crippen LogP contribution is 2.28. The lowest BCUT2D eigenvalue weighted by Gasteiger charge is -2.07. The first-order chi connectivity index (χ1) is 19.1. The lowest BCUT2D eigenvalue weighted by molar-refractivity contribution is 0.595. The van der Waals surface area contributed by atoms with Crippen molar-refractivity contribution >= 4 is 84.6 Å². The summed E-state index contributed by atoms with van der Waals surface area (Å²) in [4.78, 5) is 0.114. The first-order valence-electron chi connectivity index (χ1n) is 12.0. The van der Waals surface area contributed by atoms with Gasteiger partial charge in [-0.1, -0.05) is 115 Å². The van der Waals surface area contributed by atoms with Crippen LogP contribution in [-0.2, 0) is 31.9 Å². The van der Waals surface area contributed by atoms with Gasteiger partial charge in [-0.2, -0.15) is 0 Å². The molecule has 2 N–H and O–H groups in total. The lowest BCUT2D eigenvalue weighted by atomic mass is 10.1. The van der Waals surface area contributed by atoms with Crippen LogP contribution < -0.4 is 5.73 Å². The average molecular weight is 785 g/mol. The summed E-state index contributed by atoms with van der Waals surface area (Å²) in [7, 11) is -2.01. The van der Waals surface area contributed by atoms with E-state index in [9.17, 15) is 16.8 Å². The highest BCUT2D eigenvalue weighted by molar-refractivity contribution is 9.10. The molecule has 0 fully saturated rings. The van der Waals surface area contributed by atoms with Gasteiger partial charge in [-0.25, -0.2) is 16.8 Å². The van der Waals surface area contributed by atoms with Crippen molar-refractivity contribution in [1.29, 1.82) is 0 Å². The van der Waals surface area contributed by atoms with Gasteiger partial charge in [0, 0.05) is 26.2 Å². The van der Waals surface area contributed by atoms with Crippen LogP contribution in [0.5, 0.6) is 0 Å². The number of halogens is 5. The second-order valence-corrected chi connectivity index (χ2v) is 16.1. The van der Waals surface area contributed by atoms with E-state index in [1.165, 1.54) is 29.3 Å². The van der Waals surface area contributed by atoms with E-state index in [0.717, 1.165) is 15.6 Å². The van der Waals surface area contributed by atoms with Crippen LogP contribution in [0.1, 0.15) is 22.3 Å².